The van der Waals surface area contributed by atoms with Crippen LogP contribution in [0.25, 0.3) is 0 Å². The molecule has 6 heteroatoms. The quantitative estimate of drug-likeness (QED) is 0.632. The Morgan fingerprint density at radius 3 is 2.50 bits per heavy atom. The number of hydrazine groups is 1. The lowest BCUT2D eigenvalue weighted by atomic mass is 10.1. The number of hydrogen-bond donors (Lipinski definition) is 2. The lowest BCUT2D eigenvalue weighted by molar-refractivity contribution is 0.557. The highest BCUT2D eigenvalue weighted by atomic mass is 35.5. The highest BCUT2D eigenvalue weighted by molar-refractivity contribution is 7.20. The van der Waals surface area contributed by atoms with Gasteiger partial charge in [-0.3, -0.25) is 11.3 Å². The van der Waals surface area contributed by atoms with Crippen molar-refractivity contribution in [2.24, 2.45) is 5.84 Å². The van der Waals surface area contributed by atoms with Crippen LogP contribution in [0.4, 0.5) is 0 Å². The molecule has 0 amide bonds. The van der Waals surface area contributed by atoms with E-state index in [4.69, 9.17) is 29.0 Å². The molecule has 98 valence electrons. The van der Waals surface area contributed by atoms with E-state index in [0.717, 1.165) is 18.4 Å². The van der Waals surface area contributed by atoms with E-state index in [-0.39, 0.29) is 6.04 Å². The predicted molar refractivity (Wildman–Crippen MR) is 81.8 cm³/mol. The molecule has 3 N–H and O–H groups in total. The Kier molecular flexibility index (Phi) is 5.06. The van der Waals surface area contributed by atoms with E-state index in [0.29, 0.717) is 8.67 Å². The third-order valence-electron chi connectivity index (χ3n) is 2.73. The molecule has 2 rings (SSSR count). The monoisotopic (exact) mass is 320 g/mol. The molecule has 0 saturated heterocycles. The zero-order valence-corrected chi connectivity index (χ0v) is 13.0. The first-order valence-electron chi connectivity index (χ1n) is 5.62. The topological polar surface area (TPSA) is 38.0 Å². The van der Waals surface area contributed by atoms with Crippen molar-refractivity contribution < 1.29 is 0 Å². The standard InChI is InChI=1S/C12H14Cl2N2S2/c1-2-7-3-4-8(17-7)5-10(16-15)9-6-11(13)18-12(9)14/h3-4,6,10,16H,2,5,15H2,1H3. The van der Waals surface area contributed by atoms with E-state index in [9.17, 15) is 0 Å². The largest absolute Gasteiger partial charge is 0.271 e. The van der Waals surface area contributed by atoms with Gasteiger partial charge in [0.05, 0.1) is 14.7 Å². The molecular formula is C12H14Cl2N2S2. The number of halogens is 2. The lowest BCUT2D eigenvalue weighted by Gasteiger charge is -2.14. The fourth-order valence-electron chi connectivity index (χ4n) is 1.77. The van der Waals surface area contributed by atoms with Crippen molar-refractivity contribution in [3.8, 4) is 0 Å². The molecule has 1 unspecified atom stereocenters. The average Bonchev–Trinajstić information content (AvgIpc) is 2.92. The smallest absolute Gasteiger partial charge is 0.0992 e. The summed E-state index contributed by atoms with van der Waals surface area (Å²) in [5.41, 5.74) is 3.79. The zero-order chi connectivity index (χ0) is 13.1. The summed E-state index contributed by atoms with van der Waals surface area (Å²) in [7, 11) is 0. The summed E-state index contributed by atoms with van der Waals surface area (Å²) in [6, 6.07) is 6.20. The van der Waals surface area contributed by atoms with Crippen LogP contribution in [0, 0.1) is 0 Å². The second kappa shape index (κ2) is 6.37. The molecule has 0 bridgehead atoms. The summed E-state index contributed by atoms with van der Waals surface area (Å²) in [5, 5.41) is 0. The Hall–Kier alpha value is -0.100. The molecular weight excluding hydrogens is 307 g/mol. The summed E-state index contributed by atoms with van der Waals surface area (Å²) >= 11 is 15.3. The first-order chi connectivity index (χ1) is 8.63. The second-order valence-corrected chi connectivity index (χ2v) is 7.46. The maximum absolute atomic E-state index is 6.16. The minimum Gasteiger partial charge on any atom is -0.271 e. The SMILES string of the molecule is CCc1ccc(CC(NN)c2cc(Cl)sc2Cl)s1. The minimum absolute atomic E-state index is 0.00426. The molecule has 0 aromatic carbocycles. The summed E-state index contributed by atoms with van der Waals surface area (Å²) < 4.78 is 1.39. The van der Waals surface area contributed by atoms with Crippen LogP contribution < -0.4 is 11.3 Å². The van der Waals surface area contributed by atoms with Gasteiger partial charge in [0.1, 0.15) is 0 Å². The fourth-order valence-corrected chi connectivity index (χ4v) is 4.35. The molecule has 2 aromatic heterocycles. The van der Waals surface area contributed by atoms with E-state index < -0.39 is 0 Å². The van der Waals surface area contributed by atoms with Crippen molar-refractivity contribution in [1.82, 2.24) is 5.43 Å². The number of hydrogen-bond acceptors (Lipinski definition) is 4. The number of nitrogens with two attached hydrogens (primary N) is 1. The van der Waals surface area contributed by atoms with Crippen LogP contribution in [0.3, 0.4) is 0 Å². The molecule has 0 saturated carbocycles. The van der Waals surface area contributed by atoms with Gasteiger partial charge < -0.3 is 0 Å². The Morgan fingerprint density at radius 1 is 1.28 bits per heavy atom. The number of rotatable bonds is 5. The summed E-state index contributed by atoms with van der Waals surface area (Å²) in [6.45, 7) is 2.16. The Bertz CT molecular complexity index is 522. The molecule has 0 fully saturated rings. The highest BCUT2D eigenvalue weighted by Crippen LogP contribution is 2.36. The second-order valence-electron chi connectivity index (χ2n) is 3.92. The van der Waals surface area contributed by atoms with E-state index >= 15 is 0 Å². The highest BCUT2D eigenvalue weighted by Gasteiger charge is 2.17. The number of aryl methyl sites for hydroxylation is 1. The van der Waals surface area contributed by atoms with Gasteiger partial charge in [-0.25, -0.2) is 0 Å². The third-order valence-corrected chi connectivity index (χ3v) is 5.50. The van der Waals surface area contributed by atoms with Crippen LogP contribution in [-0.2, 0) is 12.8 Å². The normalized spacial score (nSPS) is 12.9. The van der Waals surface area contributed by atoms with Gasteiger partial charge in [0.25, 0.3) is 0 Å². The molecule has 18 heavy (non-hydrogen) atoms. The van der Waals surface area contributed by atoms with E-state index in [1.54, 1.807) is 0 Å². The first kappa shape index (κ1) is 14.3. The maximum Gasteiger partial charge on any atom is 0.0992 e. The van der Waals surface area contributed by atoms with Crippen molar-refractivity contribution in [3.05, 3.63) is 42.2 Å². The maximum atomic E-state index is 6.16. The molecule has 2 nitrogen and oxygen atoms in total. The van der Waals surface area contributed by atoms with E-state index in [1.807, 2.05) is 17.4 Å². The van der Waals surface area contributed by atoms with Crippen molar-refractivity contribution in [3.63, 3.8) is 0 Å². The molecule has 2 aromatic rings. The van der Waals surface area contributed by atoms with Crippen LogP contribution in [-0.4, -0.2) is 0 Å². The Morgan fingerprint density at radius 2 is 2.00 bits per heavy atom. The average molecular weight is 321 g/mol. The van der Waals surface area contributed by atoms with Crippen molar-refractivity contribution in [1.29, 1.82) is 0 Å². The minimum atomic E-state index is 0.00426. The zero-order valence-electron chi connectivity index (χ0n) is 9.87. The first-order valence-corrected chi connectivity index (χ1v) is 8.01. The molecule has 0 aliphatic carbocycles. The summed E-state index contributed by atoms with van der Waals surface area (Å²) in [4.78, 5) is 2.68. The predicted octanol–water partition coefficient (Wildman–Crippen LogP) is 4.43. The molecule has 0 aliphatic heterocycles. The van der Waals surface area contributed by atoms with Crippen LogP contribution in [0.15, 0.2) is 18.2 Å². The van der Waals surface area contributed by atoms with Crippen LogP contribution in [0.2, 0.25) is 8.67 Å². The number of nitrogens with one attached hydrogen (secondary N) is 1. The molecule has 0 aliphatic rings. The van der Waals surface area contributed by atoms with Crippen LogP contribution >= 0.6 is 45.9 Å². The van der Waals surface area contributed by atoms with E-state index in [2.05, 4.69) is 24.5 Å². The Labute approximate surface area is 125 Å². The van der Waals surface area contributed by atoms with Gasteiger partial charge in [-0.1, -0.05) is 30.1 Å². The van der Waals surface area contributed by atoms with Gasteiger partial charge in [0.15, 0.2) is 0 Å². The van der Waals surface area contributed by atoms with Crippen LogP contribution in [0.5, 0.6) is 0 Å². The van der Waals surface area contributed by atoms with Gasteiger partial charge in [0, 0.05) is 21.7 Å². The summed E-state index contributed by atoms with van der Waals surface area (Å²) in [6.07, 6.45) is 1.89. The van der Waals surface area contributed by atoms with Crippen molar-refractivity contribution >= 4 is 45.9 Å². The number of thiophene rings is 2. The van der Waals surface area contributed by atoms with Crippen molar-refractivity contribution in [2.45, 2.75) is 25.8 Å². The fraction of sp³-hybridized carbons (Fsp3) is 0.333. The van der Waals surface area contributed by atoms with Gasteiger partial charge in [-0.2, -0.15) is 0 Å². The molecule has 0 radical (unpaired) electrons. The van der Waals surface area contributed by atoms with Gasteiger partial charge >= 0.3 is 0 Å². The molecule has 0 spiro atoms. The van der Waals surface area contributed by atoms with Gasteiger partial charge in [-0.05, 0) is 24.6 Å². The Balaban J connectivity index is 2.16. The summed E-state index contributed by atoms with van der Waals surface area (Å²) in [5.74, 6) is 5.63. The lowest BCUT2D eigenvalue weighted by Crippen LogP contribution is -2.29. The molecule has 1 atom stereocenters. The molecule has 2 heterocycles. The van der Waals surface area contributed by atoms with Crippen LogP contribution in [0.1, 0.15) is 28.3 Å². The van der Waals surface area contributed by atoms with Crippen molar-refractivity contribution in [2.75, 3.05) is 0 Å². The van der Waals surface area contributed by atoms with E-state index in [1.165, 1.54) is 21.1 Å². The third kappa shape index (κ3) is 3.26. The van der Waals surface area contributed by atoms with Gasteiger partial charge in [-0.15, -0.1) is 22.7 Å². The van der Waals surface area contributed by atoms with Gasteiger partial charge in [0.2, 0.25) is 0 Å².